The van der Waals surface area contributed by atoms with Crippen molar-refractivity contribution in [1.29, 1.82) is 0 Å². The second kappa shape index (κ2) is 7.74. The molecule has 0 bridgehead atoms. The van der Waals surface area contributed by atoms with Gasteiger partial charge in [-0.1, -0.05) is 30.3 Å². The quantitative estimate of drug-likeness (QED) is 0.582. The van der Waals surface area contributed by atoms with Crippen molar-refractivity contribution in [1.82, 2.24) is 5.32 Å². The fourth-order valence-electron chi connectivity index (χ4n) is 2.81. The molecule has 1 saturated carbocycles. The van der Waals surface area contributed by atoms with E-state index in [4.69, 9.17) is 0 Å². The number of benzene rings is 1. The predicted molar refractivity (Wildman–Crippen MR) is 78.4 cm³/mol. The molecule has 1 aliphatic rings. The molecule has 1 aromatic rings. The number of nitrogens with one attached hydrogen (secondary N) is 1. The Labute approximate surface area is 120 Å². The Morgan fingerprint density at radius 3 is 2.50 bits per heavy atom. The van der Waals surface area contributed by atoms with Crippen LogP contribution in [0.4, 0.5) is 0 Å². The summed E-state index contributed by atoms with van der Waals surface area (Å²) in [5.74, 6) is 0. The van der Waals surface area contributed by atoms with Crippen LogP contribution in [0.5, 0.6) is 0 Å². The van der Waals surface area contributed by atoms with E-state index in [9.17, 15) is 15.3 Å². The Bertz CT molecular complexity index is 385. The lowest BCUT2D eigenvalue weighted by molar-refractivity contribution is -0.0682. The number of rotatable bonds is 6. The first-order valence-electron chi connectivity index (χ1n) is 7.48. The van der Waals surface area contributed by atoms with Crippen LogP contribution in [0.2, 0.25) is 0 Å². The summed E-state index contributed by atoms with van der Waals surface area (Å²) >= 11 is 0. The maximum Gasteiger partial charge on any atom is 0.0953 e. The number of aryl methyl sites for hydroxylation is 1. The third-order valence-corrected chi connectivity index (χ3v) is 3.99. The van der Waals surface area contributed by atoms with Crippen LogP contribution in [0.1, 0.15) is 31.2 Å². The van der Waals surface area contributed by atoms with Crippen LogP contribution in [0.25, 0.3) is 0 Å². The Balaban J connectivity index is 1.63. The summed E-state index contributed by atoms with van der Waals surface area (Å²) < 4.78 is 0. The summed E-state index contributed by atoms with van der Waals surface area (Å²) in [6, 6.07) is 10.2. The zero-order valence-corrected chi connectivity index (χ0v) is 11.8. The number of aliphatic hydroxyl groups excluding tert-OH is 3. The molecule has 1 fully saturated rings. The molecule has 4 N–H and O–H groups in total. The van der Waals surface area contributed by atoms with Gasteiger partial charge in [0.1, 0.15) is 0 Å². The van der Waals surface area contributed by atoms with E-state index >= 15 is 0 Å². The molecule has 0 aromatic heterocycles. The normalized spacial score (nSPS) is 30.4. The van der Waals surface area contributed by atoms with Crippen molar-refractivity contribution in [3.05, 3.63) is 35.9 Å². The lowest BCUT2D eigenvalue weighted by Gasteiger charge is -2.35. The largest absolute Gasteiger partial charge is 0.393 e. The topological polar surface area (TPSA) is 72.7 Å². The van der Waals surface area contributed by atoms with Crippen molar-refractivity contribution in [3.63, 3.8) is 0 Å². The van der Waals surface area contributed by atoms with Crippen LogP contribution < -0.4 is 5.32 Å². The average molecular weight is 279 g/mol. The first-order valence-corrected chi connectivity index (χ1v) is 7.48. The Kier molecular flexibility index (Phi) is 5.98. The molecule has 4 atom stereocenters. The maximum absolute atomic E-state index is 9.87. The van der Waals surface area contributed by atoms with E-state index in [2.05, 4.69) is 29.6 Å². The minimum absolute atomic E-state index is 0.203. The summed E-state index contributed by atoms with van der Waals surface area (Å²) in [7, 11) is 0. The minimum atomic E-state index is -0.819. The van der Waals surface area contributed by atoms with Crippen LogP contribution in [-0.2, 0) is 6.42 Å². The molecule has 20 heavy (non-hydrogen) atoms. The Hall–Kier alpha value is -0.940. The zero-order chi connectivity index (χ0) is 14.4. The molecule has 0 aliphatic heterocycles. The van der Waals surface area contributed by atoms with Gasteiger partial charge in [-0.2, -0.15) is 0 Å². The number of hydrogen-bond acceptors (Lipinski definition) is 4. The van der Waals surface area contributed by atoms with Gasteiger partial charge >= 0.3 is 0 Å². The van der Waals surface area contributed by atoms with E-state index in [0.29, 0.717) is 6.42 Å². The van der Waals surface area contributed by atoms with Crippen molar-refractivity contribution in [3.8, 4) is 0 Å². The first kappa shape index (κ1) is 15.4. The van der Waals surface area contributed by atoms with Crippen molar-refractivity contribution >= 4 is 0 Å². The Morgan fingerprint density at radius 1 is 1.00 bits per heavy atom. The molecule has 1 aromatic carbocycles. The van der Waals surface area contributed by atoms with Crippen molar-refractivity contribution in [2.75, 3.05) is 6.54 Å². The molecule has 0 heterocycles. The van der Waals surface area contributed by atoms with Crippen LogP contribution in [0.15, 0.2) is 30.3 Å². The SMILES string of the molecule is O[C@@H]1C[C@@H](O)[C@@H](O)[C@H](NCCCCc2ccccc2)C1. The highest BCUT2D eigenvalue weighted by molar-refractivity contribution is 5.14. The highest BCUT2D eigenvalue weighted by Crippen LogP contribution is 2.20. The Morgan fingerprint density at radius 2 is 1.75 bits per heavy atom. The fraction of sp³-hybridized carbons (Fsp3) is 0.625. The van der Waals surface area contributed by atoms with E-state index in [1.807, 2.05) is 6.07 Å². The van der Waals surface area contributed by atoms with Crippen molar-refractivity contribution in [2.24, 2.45) is 0 Å². The van der Waals surface area contributed by atoms with Crippen LogP contribution in [-0.4, -0.2) is 46.2 Å². The second-order valence-electron chi connectivity index (χ2n) is 5.69. The predicted octanol–water partition coefficient (Wildman–Crippen LogP) is 0.844. The summed E-state index contributed by atoms with van der Waals surface area (Å²) in [6.45, 7) is 0.800. The van der Waals surface area contributed by atoms with Gasteiger partial charge in [0.25, 0.3) is 0 Å². The lowest BCUT2D eigenvalue weighted by atomic mass is 9.88. The van der Waals surface area contributed by atoms with Gasteiger partial charge < -0.3 is 20.6 Å². The molecule has 0 saturated heterocycles. The third-order valence-electron chi connectivity index (χ3n) is 3.99. The summed E-state index contributed by atoms with van der Waals surface area (Å²) in [6.07, 6.45) is 1.84. The molecular formula is C16H25NO3. The zero-order valence-electron chi connectivity index (χ0n) is 11.8. The third kappa shape index (κ3) is 4.56. The first-order chi connectivity index (χ1) is 9.66. The van der Waals surface area contributed by atoms with Crippen LogP contribution >= 0.6 is 0 Å². The average Bonchev–Trinajstić information content (AvgIpc) is 2.44. The van der Waals surface area contributed by atoms with E-state index in [0.717, 1.165) is 25.8 Å². The molecule has 0 unspecified atom stereocenters. The van der Waals surface area contributed by atoms with Gasteiger partial charge in [-0.3, -0.25) is 0 Å². The van der Waals surface area contributed by atoms with Gasteiger partial charge in [0.05, 0.1) is 18.3 Å². The van der Waals surface area contributed by atoms with E-state index < -0.39 is 18.3 Å². The molecule has 2 rings (SSSR count). The maximum atomic E-state index is 9.87. The molecule has 112 valence electrons. The van der Waals surface area contributed by atoms with Crippen molar-refractivity contribution < 1.29 is 15.3 Å². The van der Waals surface area contributed by atoms with Gasteiger partial charge in [-0.05, 0) is 37.8 Å². The van der Waals surface area contributed by atoms with E-state index in [-0.39, 0.29) is 12.5 Å². The molecule has 1 aliphatic carbocycles. The summed E-state index contributed by atoms with van der Waals surface area (Å²) in [5, 5.41) is 32.3. The van der Waals surface area contributed by atoms with Gasteiger partial charge in [-0.15, -0.1) is 0 Å². The molecule has 0 amide bonds. The monoisotopic (exact) mass is 279 g/mol. The van der Waals surface area contributed by atoms with E-state index in [1.165, 1.54) is 5.56 Å². The lowest BCUT2D eigenvalue weighted by Crippen LogP contribution is -2.53. The fourth-order valence-corrected chi connectivity index (χ4v) is 2.81. The van der Waals surface area contributed by atoms with Gasteiger partial charge in [0, 0.05) is 12.5 Å². The molecular weight excluding hydrogens is 254 g/mol. The minimum Gasteiger partial charge on any atom is -0.393 e. The number of aliphatic hydroxyl groups is 3. The van der Waals surface area contributed by atoms with Gasteiger partial charge in [0.2, 0.25) is 0 Å². The smallest absolute Gasteiger partial charge is 0.0953 e. The van der Waals surface area contributed by atoms with Crippen LogP contribution in [0, 0.1) is 0 Å². The van der Waals surface area contributed by atoms with E-state index in [1.54, 1.807) is 0 Å². The standard InChI is InChI=1S/C16H25NO3/c18-13-10-14(16(20)15(19)11-13)17-9-5-4-8-12-6-2-1-3-7-12/h1-3,6-7,13-20H,4-5,8-11H2/t13-,14+,15+,16-/m0/s1. The van der Waals surface area contributed by atoms with Gasteiger partial charge in [-0.25, -0.2) is 0 Å². The molecule has 0 radical (unpaired) electrons. The highest BCUT2D eigenvalue weighted by Gasteiger charge is 2.34. The second-order valence-corrected chi connectivity index (χ2v) is 5.69. The molecule has 4 nitrogen and oxygen atoms in total. The number of unbranched alkanes of at least 4 members (excludes halogenated alkanes) is 1. The molecule has 0 spiro atoms. The number of hydrogen-bond donors (Lipinski definition) is 4. The van der Waals surface area contributed by atoms with Crippen molar-refractivity contribution in [2.45, 2.75) is 56.5 Å². The summed E-state index contributed by atoms with van der Waals surface area (Å²) in [5.41, 5.74) is 1.34. The van der Waals surface area contributed by atoms with Crippen LogP contribution in [0.3, 0.4) is 0 Å². The van der Waals surface area contributed by atoms with Gasteiger partial charge in [0.15, 0.2) is 0 Å². The summed E-state index contributed by atoms with van der Waals surface area (Å²) in [4.78, 5) is 0. The highest BCUT2D eigenvalue weighted by atomic mass is 16.3. The molecule has 4 heteroatoms.